The average Bonchev–Trinajstić information content (AvgIpc) is 2.27. The topological polar surface area (TPSA) is 104 Å². The van der Waals surface area contributed by atoms with Crippen LogP contribution in [0.25, 0.3) is 0 Å². The quantitative estimate of drug-likeness (QED) is 0.578. The molecule has 0 aliphatic carbocycles. The molecule has 0 heterocycles. The number of hydrogen-bond acceptors (Lipinski definition) is 3. The number of nitrogens with one attached hydrogen (secondary N) is 1. The fourth-order valence-corrected chi connectivity index (χ4v) is 1.77. The van der Waals surface area contributed by atoms with Gasteiger partial charge in [-0.1, -0.05) is 26.7 Å². The van der Waals surface area contributed by atoms with Crippen molar-refractivity contribution < 1.29 is 24.6 Å². The molecule has 18 heavy (non-hydrogen) atoms. The molecule has 1 atom stereocenters. The van der Waals surface area contributed by atoms with Gasteiger partial charge >= 0.3 is 11.9 Å². The normalized spacial score (nSPS) is 12.2. The van der Waals surface area contributed by atoms with Crippen molar-refractivity contribution in [3.05, 3.63) is 0 Å². The molecule has 3 N–H and O–H groups in total. The second kappa shape index (κ2) is 8.49. The summed E-state index contributed by atoms with van der Waals surface area (Å²) >= 11 is 0. The highest BCUT2D eigenvalue weighted by Gasteiger charge is 2.26. The third-order valence-electron chi connectivity index (χ3n) is 2.64. The summed E-state index contributed by atoms with van der Waals surface area (Å²) in [6, 6.07) is -1.36. The van der Waals surface area contributed by atoms with Crippen molar-refractivity contribution in [1.29, 1.82) is 0 Å². The molecule has 6 heteroatoms. The second-order valence-electron chi connectivity index (χ2n) is 4.27. The number of rotatable bonds is 9. The van der Waals surface area contributed by atoms with Gasteiger partial charge in [-0.05, 0) is 12.8 Å². The first kappa shape index (κ1) is 16.4. The molecule has 0 rings (SSSR count). The van der Waals surface area contributed by atoms with Gasteiger partial charge in [0.25, 0.3) is 0 Å². The first-order valence-electron chi connectivity index (χ1n) is 6.17. The number of carboxylic acids is 2. The van der Waals surface area contributed by atoms with Crippen molar-refractivity contribution in [3.8, 4) is 0 Å². The molecule has 0 saturated heterocycles. The summed E-state index contributed by atoms with van der Waals surface area (Å²) in [6.45, 7) is 3.89. The van der Waals surface area contributed by atoms with Gasteiger partial charge in [0.15, 0.2) is 0 Å². The molecule has 0 bridgehead atoms. The highest BCUT2D eigenvalue weighted by Crippen LogP contribution is 2.14. The van der Waals surface area contributed by atoms with Gasteiger partial charge in [0.1, 0.15) is 6.04 Å². The Morgan fingerprint density at radius 2 is 1.56 bits per heavy atom. The maximum absolute atomic E-state index is 11.9. The number of amides is 1. The van der Waals surface area contributed by atoms with E-state index in [9.17, 15) is 14.4 Å². The van der Waals surface area contributed by atoms with Gasteiger partial charge < -0.3 is 15.5 Å². The summed E-state index contributed by atoms with van der Waals surface area (Å²) in [5.74, 6) is -3.18. The van der Waals surface area contributed by atoms with E-state index in [1.807, 2.05) is 13.8 Å². The van der Waals surface area contributed by atoms with Gasteiger partial charge in [0.05, 0.1) is 6.42 Å². The molecule has 6 nitrogen and oxygen atoms in total. The summed E-state index contributed by atoms with van der Waals surface area (Å²) in [5.41, 5.74) is 0. The zero-order valence-corrected chi connectivity index (χ0v) is 10.8. The van der Waals surface area contributed by atoms with E-state index in [0.29, 0.717) is 12.8 Å². The molecule has 0 spiro atoms. The molecule has 0 aliphatic heterocycles. The van der Waals surface area contributed by atoms with Crippen LogP contribution in [0.15, 0.2) is 0 Å². The van der Waals surface area contributed by atoms with Crippen LogP contribution in [0, 0.1) is 5.92 Å². The van der Waals surface area contributed by atoms with E-state index in [0.717, 1.165) is 12.8 Å². The molecular formula is C12H21NO5. The molecule has 0 aromatic rings. The second-order valence-corrected chi connectivity index (χ2v) is 4.27. The first-order valence-corrected chi connectivity index (χ1v) is 6.17. The lowest BCUT2D eigenvalue weighted by Gasteiger charge is -2.18. The van der Waals surface area contributed by atoms with E-state index in [4.69, 9.17) is 10.2 Å². The molecular weight excluding hydrogens is 238 g/mol. The van der Waals surface area contributed by atoms with Crippen molar-refractivity contribution in [2.75, 3.05) is 0 Å². The van der Waals surface area contributed by atoms with Gasteiger partial charge in [-0.2, -0.15) is 0 Å². The van der Waals surface area contributed by atoms with Crippen LogP contribution in [0.4, 0.5) is 0 Å². The highest BCUT2D eigenvalue weighted by atomic mass is 16.4. The summed E-state index contributed by atoms with van der Waals surface area (Å²) in [5, 5.41) is 19.7. The Morgan fingerprint density at radius 1 is 1.06 bits per heavy atom. The third kappa shape index (κ3) is 6.22. The van der Waals surface area contributed by atoms with Crippen LogP contribution in [0.5, 0.6) is 0 Å². The first-order chi connectivity index (χ1) is 8.42. The molecule has 0 saturated carbocycles. The molecule has 0 aromatic carbocycles. The highest BCUT2D eigenvalue weighted by molar-refractivity contribution is 5.87. The molecule has 104 valence electrons. The predicted molar refractivity (Wildman–Crippen MR) is 65.1 cm³/mol. The minimum absolute atomic E-state index is 0.240. The maximum atomic E-state index is 11.9. The Kier molecular flexibility index (Phi) is 7.74. The molecule has 0 radical (unpaired) electrons. The van der Waals surface area contributed by atoms with E-state index in [1.165, 1.54) is 0 Å². The largest absolute Gasteiger partial charge is 0.481 e. The van der Waals surface area contributed by atoms with Gasteiger partial charge in [-0.25, -0.2) is 4.79 Å². The van der Waals surface area contributed by atoms with Crippen LogP contribution in [-0.4, -0.2) is 34.1 Å². The number of carbonyl (C=O) groups excluding carboxylic acids is 1. The summed E-state index contributed by atoms with van der Waals surface area (Å²) in [7, 11) is 0. The molecule has 0 aliphatic rings. The summed E-state index contributed by atoms with van der Waals surface area (Å²) < 4.78 is 0. The minimum atomic E-state index is -1.36. The third-order valence-corrected chi connectivity index (χ3v) is 2.64. The Labute approximate surface area is 106 Å². The smallest absolute Gasteiger partial charge is 0.326 e. The lowest BCUT2D eigenvalue weighted by atomic mass is 9.97. The molecule has 0 fully saturated rings. The van der Waals surface area contributed by atoms with Crippen molar-refractivity contribution >= 4 is 17.8 Å². The van der Waals surface area contributed by atoms with Gasteiger partial charge in [0, 0.05) is 5.92 Å². The summed E-state index contributed by atoms with van der Waals surface area (Å²) in [6.07, 6.45) is 2.41. The summed E-state index contributed by atoms with van der Waals surface area (Å²) in [4.78, 5) is 33.2. The van der Waals surface area contributed by atoms with Gasteiger partial charge in [0.2, 0.25) is 5.91 Å². The standard InChI is InChI=1S/C12H21NO5/c1-3-5-8(6-4-2)11(16)13-9(12(17)18)7-10(14)15/h8-9H,3-7H2,1-2H3,(H,13,16)(H,14,15)(H,17,18). The van der Waals surface area contributed by atoms with E-state index in [1.54, 1.807) is 0 Å². The Bertz CT molecular complexity index is 297. The van der Waals surface area contributed by atoms with Crippen molar-refractivity contribution in [1.82, 2.24) is 5.32 Å². The average molecular weight is 259 g/mol. The number of carboxylic acid groups (broad SMARTS) is 2. The van der Waals surface area contributed by atoms with Crippen LogP contribution >= 0.6 is 0 Å². The van der Waals surface area contributed by atoms with Crippen LogP contribution in [0.1, 0.15) is 46.0 Å². The zero-order valence-electron chi connectivity index (χ0n) is 10.8. The monoisotopic (exact) mass is 259 g/mol. The zero-order chi connectivity index (χ0) is 14.1. The Hall–Kier alpha value is -1.59. The fourth-order valence-electron chi connectivity index (χ4n) is 1.77. The Morgan fingerprint density at radius 3 is 1.89 bits per heavy atom. The Balaban J connectivity index is 4.54. The fraction of sp³-hybridized carbons (Fsp3) is 0.750. The van der Waals surface area contributed by atoms with Gasteiger partial charge in [-0.15, -0.1) is 0 Å². The van der Waals surface area contributed by atoms with Crippen LogP contribution < -0.4 is 5.32 Å². The van der Waals surface area contributed by atoms with E-state index < -0.39 is 24.4 Å². The van der Waals surface area contributed by atoms with Crippen LogP contribution in [-0.2, 0) is 14.4 Å². The molecule has 1 unspecified atom stereocenters. The number of carbonyl (C=O) groups is 3. The van der Waals surface area contributed by atoms with Crippen LogP contribution in [0.3, 0.4) is 0 Å². The van der Waals surface area contributed by atoms with Crippen LogP contribution in [0.2, 0.25) is 0 Å². The number of hydrogen-bond donors (Lipinski definition) is 3. The maximum Gasteiger partial charge on any atom is 0.326 e. The molecule has 1 amide bonds. The van der Waals surface area contributed by atoms with Gasteiger partial charge in [-0.3, -0.25) is 9.59 Å². The van der Waals surface area contributed by atoms with Crippen molar-refractivity contribution in [2.24, 2.45) is 5.92 Å². The molecule has 0 aromatic heterocycles. The van der Waals surface area contributed by atoms with E-state index >= 15 is 0 Å². The lowest BCUT2D eigenvalue weighted by molar-refractivity contribution is -0.147. The SMILES string of the molecule is CCCC(CCC)C(=O)NC(CC(=O)O)C(=O)O. The van der Waals surface area contributed by atoms with E-state index in [-0.39, 0.29) is 11.8 Å². The predicted octanol–water partition coefficient (Wildman–Crippen LogP) is 1.25. The van der Waals surface area contributed by atoms with Crippen molar-refractivity contribution in [3.63, 3.8) is 0 Å². The number of aliphatic carboxylic acids is 2. The van der Waals surface area contributed by atoms with E-state index in [2.05, 4.69) is 5.32 Å². The minimum Gasteiger partial charge on any atom is -0.481 e. The van der Waals surface area contributed by atoms with Crippen molar-refractivity contribution in [2.45, 2.75) is 52.0 Å². The lowest BCUT2D eigenvalue weighted by Crippen LogP contribution is -2.44.